The van der Waals surface area contributed by atoms with Crippen molar-refractivity contribution in [2.75, 3.05) is 0 Å². The number of carbonyl (C=O) groups excluding carboxylic acids is 2. The molecule has 1 aliphatic rings. The zero-order valence-corrected chi connectivity index (χ0v) is 9.87. The second-order valence-corrected chi connectivity index (χ2v) is 3.75. The Morgan fingerprint density at radius 3 is 2.62 bits per heavy atom. The summed E-state index contributed by atoms with van der Waals surface area (Å²) in [5, 5.41) is 3.03. The Balaban J connectivity index is 2.66. The molecule has 0 aliphatic carbocycles. The van der Waals surface area contributed by atoms with Crippen LogP contribution in [0.4, 0.5) is 0 Å². The molecule has 0 spiro atoms. The Morgan fingerprint density at radius 2 is 2.19 bits per heavy atom. The van der Waals surface area contributed by atoms with Gasteiger partial charge in [-0.1, -0.05) is 13.8 Å². The molecule has 5 heteroatoms. The van der Waals surface area contributed by atoms with Gasteiger partial charge in [-0.3, -0.25) is 14.4 Å². The number of amides is 1. The van der Waals surface area contributed by atoms with Crippen LogP contribution in [0.2, 0.25) is 0 Å². The zero-order chi connectivity index (χ0) is 12.1. The van der Waals surface area contributed by atoms with E-state index in [0.717, 1.165) is 5.70 Å². The van der Waals surface area contributed by atoms with E-state index >= 15 is 0 Å². The molecule has 2 unspecified atom stereocenters. The van der Waals surface area contributed by atoms with Crippen molar-refractivity contribution in [2.45, 2.75) is 45.8 Å². The average Bonchev–Trinajstić information content (AvgIpc) is 2.59. The molecule has 1 saturated heterocycles. The van der Waals surface area contributed by atoms with Crippen LogP contribution in [0.5, 0.6) is 0 Å². The van der Waals surface area contributed by atoms with Gasteiger partial charge in [0, 0.05) is 18.2 Å². The third kappa shape index (κ3) is 3.06. The van der Waals surface area contributed by atoms with Gasteiger partial charge in [0.15, 0.2) is 5.78 Å². The lowest BCUT2D eigenvalue weighted by Gasteiger charge is -2.15. The van der Waals surface area contributed by atoms with Crippen LogP contribution in [-0.2, 0) is 14.4 Å². The lowest BCUT2D eigenvalue weighted by molar-refractivity contribution is -0.125. The number of ketones is 1. The summed E-state index contributed by atoms with van der Waals surface area (Å²) >= 11 is 0. The van der Waals surface area contributed by atoms with Crippen molar-refractivity contribution in [3.8, 4) is 0 Å². The smallest absolute Gasteiger partial charge is 0.268 e. The molecule has 0 saturated carbocycles. The minimum absolute atomic E-state index is 0.0522. The minimum atomic E-state index is -0.421. The van der Waals surface area contributed by atoms with Crippen LogP contribution >= 0.6 is 0 Å². The Hall–Kier alpha value is -1.36. The van der Waals surface area contributed by atoms with Crippen LogP contribution in [-0.4, -0.2) is 23.8 Å². The topological polar surface area (TPSA) is 67.4 Å². The van der Waals surface area contributed by atoms with Crippen LogP contribution in [0.3, 0.4) is 0 Å². The van der Waals surface area contributed by atoms with Crippen molar-refractivity contribution in [2.24, 2.45) is 0 Å². The molecule has 0 aromatic heterocycles. The van der Waals surface area contributed by atoms with E-state index in [1.54, 1.807) is 19.9 Å². The Bertz CT molecular complexity index is 312. The molecule has 0 aromatic rings. The SMILES string of the molecule is CCC(=O)C=C(CC)NC1C(=O)NOC1C. The highest BCUT2D eigenvalue weighted by Gasteiger charge is 2.33. The summed E-state index contributed by atoms with van der Waals surface area (Å²) in [6, 6.07) is -0.421. The summed E-state index contributed by atoms with van der Waals surface area (Å²) in [6.45, 7) is 5.53. The zero-order valence-electron chi connectivity index (χ0n) is 9.87. The van der Waals surface area contributed by atoms with Crippen molar-refractivity contribution >= 4 is 11.7 Å². The largest absolute Gasteiger partial charge is 0.375 e. The van der Waals surface area contributed by atoms with Gasteiger partial charge in [-0.05, 0) is 13.3 Å². The summed E-state index contributed by atoms with van der Waals surface area (Å²) in [6.07, 6.45) is 2.47. The number of hydrogen-bond acceptors (Lipinski definition) is 4. The Kier molecular flexibility index (Phi) is 4.49. The molecule has 1 fully saturated rings. The number of carbonyl (C=O) groups is 2. The van der Waals surface area contributed by atoms with E-state index in [4.69, 9.17) is 4.84 Å². The minimum Gasteiger partial charge on any atom is -0.375 e. The molecule has 1 amide bonds. The first kappa shape index (κ1) is 12.7. The molecule has 1 rings (SSSR count). The number of hydrogen-bond donors (Lipinski definition) is 2. The fraction of sp³-hybridized carbons (Fsp3) is 0.636. The van der Waals surface area contributed by atoms with Gasteiger partial charge in [0.1, 0.15) is 12.1 Å². The third-order valence-corrected chi connectivity index (χ3v) is 2.50. The van der Waals surface area contributed by atoms with Gasteiger partial charge in [0.25, 0.3) is 5.91 Å². The lowest BCUT2D eigenvalue weighted by Crippen LogP contribution is -2.40. The highest BCUT2D eigenvalue weighted by Crippen LogP contribution is 2.09. The van der Waals surface area contributed by atoms with E-state index < -0.39 is 6.04 Å². The van der Waals surface area contributed by atoms with Gasteiger partial charge in [-0.25, -0.2) is 5.48 Å². The Labute approximate surface area is 95.2 Å². The first-order valence-electron chi connectivity index (χ1n) is 5.53. The maximum atomic E-state index is 11.4. The first-order chi connectivity index (χ1) is 7.58. The summed E-state index contributed by atoms with van der Waals surface area (Å²) in [5.41, 5.74) is 3.07. The Morgan fingerprint density at radius 1 is 1.50 bits per heavy atom. The highest BCUT2D eigenvalue weighted by atomic mass is 16.7. The van der Waals surface area contributed by atoms with E-state index in [1.807, 2.05) is 6.92 Å². The van der Waals surface area contributed by atoms with Crippen molar-refractivity contribution in [3.05, 3.63) is 11.8 Å². The van der Waals surface area contributed by atoms with Gasteiger partial charge in [-0.15, -0.1) is 0 Å². The summed E-state index contributed by atoms with van der Waals surface area (Å²) < 4.78 is 0. The number of nitrogens with one attached hydrogen (secondary N) is 2. The van der Waals surface area contributed by atoms with E-state index in [2.05, 4.69) is 10.8 Å². The average molecular weight is 226 g/mol. The number of allylic oxidation sites excluding steroid dienone is 2. The molecule has 2 atom stereocenters. The predicted molar refractivity (Wildman–Crippen MR) is 59.3 cm³/mol. The van der Waals surface area contributed by atoms with E-state index in [1.165, 1.54) is 0 Å². The van der Waals surface area contributed by atoms with Gasteiger partial charge in [-0.2, -0.15) is 0 Å². The predicted octanol–water partition coefficient (Wildman–Crippen LogP) is 0.667. The van der Waals surface area contributed by atoms with Crippen molar-refractivity contribution < 1.29 is 14.4 Å². The maximum Gasteiger partial charge on any atom is 0.268 e. The molecule has 5 nitrogen and oxygen atoms in total. The normalized spacial score (nSPS) is 25.4. The first-order valence-corrected chi connectivity index (χ1v) is 5.53. The van der Waals surface area contributed by atoms with E-state index in [-0.39, 0.29) is 17.8 Å². The molecular weight excluding hydrogens is 208 g/mol. The van der Waals surface area contributed by atoms with Gasteiger partial charge in [0.05, 0.1) is 0 Å². The highest BCUT2D eigenvalue weighted by molar-refractivity contribution is 5.90. The summed E-state index contributed by atoms with van der Waals surface area (Å²) in [7, 11) is 0. The molecule has 1 heterocycles. The summed E-state index contributed by atoms with van der Waals surface area (Å²) in [4.78, 5) is 27.6. The third-order valence-electron chi connectivity index (χ3n) is 2.50. The van der Waals surface area contributed by atoms with Gasteiger partial charge in [0.2, 0.25) is 0 Å². The molecule has 0 bridgehead atoms. The van der Waals surface area contributed by atoms with E-state index in [9.17, 15) is 9.59 Å². The van der Waals surface area contributed by atoms with Crippen LogP contribution in [0.25, 0.3) is 0 Å². The molecule has 16 heavy (non-hydrogen) atoms. The van der Waals surface area contributed by atoms with Crippen LogP contribution in [0.1, 0.15) is 33.6 Å². The monoisotopic (exact) mass is 226 g/mol. The molecular formula is C11H18N2O3. The molecule has 0 aromatic carbocycles. The maximum absolute atomic E-state index is 11.4. The standard InChI is InChI=1S/C11H18N2O3/c1-4-8(6-9(14)5-2)12-10-7(3)16-13-11(10)15/h6-7,10,12H,4-5H2,1-3H3,(H,13,15). The second kappa shape index (κ2) is 5.65. The lowest BCUT2D eigenvalue weighted by atomic mass is 10.1. The molecule has 0 radical (unpaired) electrons. The number of hydroxylamine groups is 1. The number of rotatable bonds is 5. The summed E-state index contributed by atoms with van der Waals surface area (Å²) in [5.74, 6) is -0.146. The second-order valence-electron chi connectivity index (χ2n) is 3.75. The van der Waals surface area contributed by atoms with Crippen molar-refractivity contribution in [1.29, 1.82) is 0 Å². The fourth-order valence-corrected chi connectivity index (χ4v) is 1.42. The molecule has 90 valence electrons. The van der Waals surface area contributed by atoms with Gasteiger partial charge >= 0.3 is 0 Å². The van der Waals surface area contributed by atoms with Crippen molar-refractivity contribution in [1.82, 2.24) is 10.8 Å². The van der Waals surface area contributed by atoms with Gasteiger partial charge < -0.3 is 5.32 Å². The quantitative estimate of drug-likeness (QED) is 0.676. The van der Waals surface area contributed by atoms with Crippen LogP contribution < -0.4 is 10.8 Å². The van der Waals surface area contributed by atoms with Crippen LogP contribution in [0.15, 0.2) is 11.8 Å². The fourth-order valence-electron chi connectivity index (χ4n) is 1.42. The van der Waals surface area contributed by atoms with Crippen molar-refractivity contribution in [3.63, 3.8) is 0 Å². The van der Waals surface area contributed by atoms with E-state index in [0.29, 0.717) is 12.8 Å². The molecule has 2 N–H and O–H groups in total. The van der Waals surface area contributed by atoms with Crippen LogP contribution in [0, 0.1) is 0 Å². The molecule has 1 aliphatic heterocycles.